The van der Waals surface area contributed by atoms with E-state index in [0.29, 0.717) is 70.1 Å². The van der Waals surface area contributed by atoms with Crippen molar-refractivity contribution in [2.75, 3.05) is 50.9 Å². The van der Waals surface area contributed by atoms with Gasteiger partial charge in [-0.2, -0.15) is 0 Å². The minimum Gasteiger partial charge on any atom is -0.448 e. The molecule has 198 valence electrons. The zero-order valence-corrected chi connectivity index (χ0v) is 21.7. The average molecular weight is 528 g/mol. The summed E-state index contributed by atoms with van der Waals surface area (Å²) in [4.78, 5) is 43.3. The molecule has 2 saturated heterocycles. The van der Waals surface area contributed by atoms with Crippen LogP contribution in [0.25, 0.3) is 0 Å². The standard InChI is InChI=1S/C27H34ClN5O4/c28-22-9-6-21(7-10-22)8-11-24(34)31-16-12-27(13-17-31)25(35)32(18-14-30-15-19-37-26(29)36)20-33(27)23-4-2-1-3-5-23/h1-7,9-10,30H,8,11-20H2,(H2,29,36). The molecular formula is C27H34ClN5O4. The molecule has 3 amide bonds. The Morgan fingerprint density at radius 1 is 1.03 bits per heavy atom. The second-order valence-corrected chi connectivity index (χ2v) is 9.87. The molecule has 0 bridgehead atoms. The van der Waals surface area contributed by atoms with Crippen molar-refractivity contribution in [3.63, 3.8) is 0 Å². The largest absolute Gasteiger partial charge is 0.448 e. The third-order valence-corrected chi connectivity index (χ3v) is 7.40. The predicted molar refractivity (Wildman–Crippen MR) is 142 cm³/mol. The zero-order chi connectivity index (χ0) is 26.3. The second-order valence-electron chi connectivity index (χ2n) is 9.43. The number of carbonyl (C=O) groups excluding carboxylic acids is 3. The Balaban J connectivity index is 1.36. The lowest BCUT2D eigenvalue weighted by Crippen LogP contribution is -2.57. The summed E-state index contributed by atoms with van der Waals surface area (Å²) in [6, 6.07) is 17.6. The summed E-state index contributed by atoms with van der Waals surface area (Å²) < 4.78 is 4.73. The summed E-state index contributed by atoms with van der Waals surface area (Å²) in [5, 5.41) is 3.86. The Bertz CT molecular complexity index is 1070. The smallest absolute Gasteiger partial charge is 0.404 e. The van der Waals surface area contributed by atoms with Gasteiger partial charge in [-0.1, -0.05) is 41.9 Å². The second kappa shape index (κ2) is 12.3. The fourth-order valence-electron chi connectivity index (χ4n) is 5.12. The molecule has 1 spiro atoms. The summed E-state index contributed by atoms with van der Waals surface area (Å²) >= 11 is 5.96. The number of likely N-dealkylation sites (tertiary alicyclic amines) is 1. The predicted octanol–water partition coefficient (Wildman–Crippen LogP) is 2.63. The number of carbonyl (C=O) groups is 3. The van der Waals surface area contributed by atoms with Gasteiger partial charge in [0.25, 0.3) is 0 Å². The third-order valence-electron chi connectivity index (χ3n) is 7.15. The zero-order valence-electron chi connectivity index (χ0n) is 20.9. The summed E-state index contributed by atoms with van der Waals surface area (Å²) in [7, 11) is 0. The van der Waals surface area contributed by atoms with E-state index in [9.17, 15) is 14.4 Å². The number of nitrogens with one attached hydrogen (secondary N) is 1. The molecule has 0 radical (unpaired) electrons. The van der Waals surface area contributed by atoms with E-state index in [0.717, 1.165) is 11.3 Å². The van der Waals surface area contributed by atoms with Crippen LogP contribution in [0.15, 0.2) is 54.6 Å². The van der Waals surface area contributed by atoms with Crippen molar-refractivity contribution < 1.29 is 19.1 Å². The highest BCUT2D eigenvalue weighted by atomic mass is 35.5. The molecule has 2 fully saturated rings. The maximum absolute atomic E-state index is 13.7. The van der Waals surface area contributed by atoms with Crippen molar-refractivity contribution in [1.29, 1.82) is 0 Å². The van der Waals surface area contributed by atoms with Crippen LogP contribution in [0.1, 0.15) is 24.8 Å². The van der Waals surface area contributed by atoms with Crippen molar-refractivity contribution in [2.45, 2.75) is 31.2 Å². The molecule has 0 aromatic heterocycles. The number of aryl methyl sites for hydroxylation is 1. The first-order valence-electron chi connectivity index (χ1n) is 12.7. The van der Waals surface area contributed by atoms with E-state index in [-0.39, 0.29) is 18.4 Å². The van der Waals surface area contributed by atoms with E-state index in [1.54, 1.807) is 0 Å². The Morgan fingerprint density at radius 3 is 2.41 bits per heavy atom. The Hall–Kier alpha value is -3.30. The van der Waals surface area contributed by atoms with Gasteiger partial charge in [-0.15, -0.1) is 0 Å². The molecular weight excluding hydrogens is 494 g/mol. The van der Waals surface area contributed by atoms with Gasteiger partial charge >= 0.3 is 6.09 Å². The van der Waals surface area contributed by atoms with Crippen LogP contribution in [0, 0.1) is 0 Å². The highest BCUT2D eigenvalue weighted by Gasteiger charge is 2.53. The lowest BCUT2D eigenvalue weighted by atomic mass is 9.85. The van der Waals surface area contributed by atoms with Crippen LogP contribution in [0.3, 0.4) is 0 Å². The fourth-order valence-corrected chi connectivity index (χ4v) is 5.25. The number of nitrogens with zero attached hydrogens (tertiary/aromatic N) is 3. The number of rotatable bonds is 10. The van der Waals surface area contributed by atoms with Crippen LogP contribution in [0.2, 0.25) is 5.02 Å². The van der Waals surface area contributed by atoms with Crippen molar-refractivity contribution in [1.82, 2.24) is 15.1 Å². The number of ether oxygens (including phenoxy) is 1. The molecule has 9 nitrogen and oxygen atoms in total. The number of nitrogens with two attached hydrogens (primary N) is 1. The van der Waals surface area contributed by atoms with Gasteiger partial charge in [0.1, 0.15) is 12.1 Å². The van der Waals surface area contributed by atoms with Gasteiger partial charge in [0, 0.05) is 49.9 Å². The van der Waals surface area contributed by atoms with Crippen LogP contribution < -0.4 is 16.0 Å². The minimum atomic E-state index is -0.799. The molecule has 4 rings (SSSR count). The van der Waals surface area contributed by atoms with E-state index in [1.165, 1.54) is 0 Å². The Labute approximate surface area is 222 Å². The van der Waals surface area contributed by atoms with Gasteiger partial charge in [0.2, 0.25) is 11.8 Å². The maximum Gasteiger partial charge on any atom is 0.404 e. The number of piperidine rings is 1. The molecule has 2 aliphatic heterocycles. The molecule has 2 aromatic carbocycles. The number of hydrogen-bond donors (Lipinski definition) is 2. The Morgan fingerprint density at radius 2 is 1.73 bits per heavy atom. The normalized spacial score (nSPS) is 16.9. The van der Waals surface area contributed by atoms with Crippen molar-refractivity contribution >= 4 is 35.2 Å². The number of primary amides is 1. The van der Waals surface area contributed by atoms with E-state index in [2.05, 4.69) is 10.2 Å². The monoisotopic (exact) mass is 527 g/mol. The first-order valence-corrected chi connectivity index (χ1v) is 13.0. The van der Waals surface area contributed by atoms with Crippen LogP contribution >= 0.6 is 11.6 Å². The first-order chi connectivity index (χ1) is 17.9. The van der Waals surface area contributed by atoms with Gasteiger partial charge < -0.3 is 30.5 Å². The summed E-state index contributed by atoms with van der Waals surface area (Å²) in [6.45, 7) is 3.34. The van der Waals surface area contributed by atoms with Crippen LogP contribution in [0.4, 0.5) is 10.5 Å². The molecule has 0 atom stereocenters. The van der Waals surface area contributed by atoms with Crippen molar-refractivity contribution in [2.24, 2.45) is 5.73 Å². The summed E-state index contributed by atoms with van der Waals surface area (Å²) in [6.07, 6.45) is 1.47. The third kappa shape index (κ3) is 6.53. The topological polar surface area (TPSA) is 108 Å². The van der Waals surface area contributed by atoms with Gasteiger partial charge in [-0.3, -0.25) is 9.59 Å². The highest BCUT2D eigenvalue weighted by molar-refractivity contribution is 6.30. The van der Waals surface area contributed by atoms with Crippen LogP contribution in [-0.2, 0) is 20.7 Å². The number of hydrogen-bond acceptors (Lipinski definition) is 6. The fraction of sp³-hybridized carbons (Fsp3) is 0.444. The molecule has 37 heavy (non-hydrogen) atoms. The van der Waals surface area contributed by atoms with Crippen molar-refractivity contribution in [3.05, 3.63) is 65.2 Å². The van der Waals surface area contributed by atoms with E-state index in [4.69, 9.17) is 22.1 Å². The van der Waals surface area contributed by atoms with Gasteiger partial charge in [0.15, 0.2) is 0 Å². The summed E-state index contributed by atoms with van der Waals surface area (Å²) in [5.74, 6) is 0.209. The van der Waals surface area contributed by atoms with E-state index < -0.39 is 11.6 Å². The van der Waals surface area contributed by atoms with Gasteiger partial charge in [0.05, 0.1) is 6.67 Å². The summed E-state index contributed by atoms with van der Waals surface area (Å²) in [5.41, 5.74) is 6.40. The average Bonchev–Trinajstić information content (AvgIpc) is 3.17. The lowest BCUT2D eigenvalue weighted by molar-refractivity contribution is -0.138. The molecule has 10 heteroatoms. The van der Waals surface area contributed by atoms with Crippen LogP contribution in [0.5, 0.6) is 0 Å². The maximum atomic E-state index is 13.7. The number of halogens is 1. The number of benzene rings is 2. The molecule has 0 saturated carbocycles. The highest BCUT2D eigenvalue weighted by Crippen LogP contribution is 2.39. The molecule has 0 aliphatic carbocycles. The first kappa shape index (κ1) is 26.8. The molecule has 2 aromatic rings. The molecule has 2 heterocycles. The quantitative estimate of drug-likeness (QED) is 0.460. The molecule has 3 N–H and O–H groups in total. The molecule has 0 unspecified atom stereocenters. The number of amides is 3. The van der Waals surface area contributed by atoms with E-state index >= 15 is 0 Å². The lowest BCUT2D eigenvalue weighted by Gasteiger charge is -2.43. The molecule has 2 aliphatic rings. The Kier molecular flexibility index (Phi) is 8.89. The number of para-hydroxylation sites is 1. The SMILES string of the molecule is NC(=O)OCCNCCN1CN(c2ccccc2)C2(CCN(C(=O)CCc3ccc(Cl)cc3)CC2)C1=O. The van der Waals surface area contributed by atoms with Crippen molar-refractivity contribution in [3.8, 4) is 0 Å². The van der Waals surface area contributed by atoms with Gasteiger partial charge in [-0.25, -0.2) is 4.79 Å². The van der Waals surface area contributed by atoms with E-state index in [1.807, 2.05) is 64.4 Å². The minimum absolute atomic E-state index is 0.0970. The number of anilines is 1. The van der Waals surface area contributed by atoms with Gasteiger partial charge in [-0.05, 0) is 49.1 Å². The van der Waals surface area contributed by atoms with Crippen LogP contribution in [-0.4, -0.2) is 79.2 Å².